The zero-order valence-corrected chi connectivity index (χ0v) is 9.53. The van der Waals surface area contributed by atoms with E-state index < -0.39 is 0 Å². The Morgan fingerprint density at radius 3 is 2.71 bits per heavy atom. The molecule has 2 aromatic carbocycles. The van der Waals surface area contributed by atoms with Gasteiger partial charge in [-0.3, -0.25) is 0 Å². The first-order valence-electron chi connectivity index (χ1n) is 6.12. The van der Waals surface area contributed by atoms with Crippen molar-refractivity contribution in [1.29, 1.82) is 0 Å². The smallest absolute Gasteiger partial charge is 0.0468 e. The van der Waals surface area contributed by atoms with Crippen molar-refractivity contribution in [3.63, 3.8) is 0 Å². The molecule has 4 rings (SSSR count). The van der Waals surface area contributed by atoms with Gasteiger partial charge in [-0.15, -0.1) is 0 Å². The molecule has 3 aromatic rings. The Morgan fingerprint density at radius 1 is 1.00 bits per heavy atom. The van der Waals surface area contributed by atoms with Crippen LogP contribution in [0.2, 0.25) is 0 Å². The number of hydrogen-bond donors (Lipinski definition) is 1. The van der Waals surface area contributed by atoms with Crippen molar-refractivity contribution >= 4 is 27.8 Å². The first-order chi connectivity index (χ1) is 8.42. The fourth-order valence-electron chi connectivity index (χ4n) is 2.78. The topological polar surface area (TPSA) is 15.8 Å². The van der Waals surface area contributed by atoms with Gasteiger partial charge in [-0.25, -0.2) is 0 Å². The largest absolute Gasteiger partial charge is 0.358 e. The minimum atomic E-state index is 1.14. The first-order valence-corrected chi connectivity index (χ1v) is 6.12. The molecule has 1 heterocycles. The van der Waals surface area contributed by atoms with Gasteiger partial charge in [-0.2, -0.15) is 0 Å². The van der Waals surface area contributed by atoms with Crippen molar-refractivity contribution in [2.75, 3.05) is 0 Å². The predicted molar refractivity (Wildman–Crippen MR) is 73.2 cm³/mol. The highest BCUT2D eigenvalue weighted by molar-refractivity contribution is 6.01. The van der Waals surface area contributed by atoms with Gasteiger partial charge in [0, 0.05) is 22.2 Å². The molecule has 82 valence electrons. The van der Waals surface area contributed by atoms with Gasteiger partial charge in [-0.05, 0) is 35.7 Å². The Balaban J connectivity index is 2.16. The third-order valence-corrected chi connectivity index (χ3v) is 3.63. The molecule has 0 spiro atoms. The second kappa shape index (κ2) is 3.24. The number of aromatic amines is 1. The summed E-state index contributed by atoms with van der Waals surface area (Å²) in [5.74, 6) is 0. The number of hydrogen-bond acceptors (Lipinski definition) is 0. The van der Waals surface area contributed by atoms with E-state index in [4.69, 9.17) is 0 Å². The maximum atomic E-state index is 3.56. The number of H-pyrrole nitrogens is 1. The first kappa shape index (κ1) is 9.06. The standard InChI is InChI=1S/C16H13N/c1-2-6-12-10-16-14(9-11(12)5-1)13-7-3-4-8-15(13)17-16/h1-3,5-7,9-10,17H,4,8H2. The van der Waals surface area contributed by atoms with Crippen LogP contribution in [0.25, 0.3) is 27.8 Å². The second-order valence-electron chi connectivity index (χ2n) is 4.70. The minimum absolute atomic E-state index is 1.14. The zero-order chi connectivity index (χ0) is 11.2. The molecule has 1 aliphatic carbocycles. The molecule has 0 radical (unpaired) electrons. The van der Waals surface area contributed by atoms with Gasteiger partial charge >= 0.3 is 0 Å². The summed E-state index contributed by atoms with van der Waals surface area (Å²) >= 11 is 0. The molecular weight excluding hydrogens is 206 g/mol. The van der Waals surface area contributed by atoms with Gasteiger partial charge in [0.05, 0.1) is 0 Å². The summed E-state index contributed by atoms with van der Waals surface area (Å²) in [5, 5.41) is 3.98. The van der Waals surface area contributed by atoms with Crippen LogP contribution in [0.5, 0.6) is 0 Å². The summed E-state index contributed by atoms with van der Waals surface area (Å²) in [7, 11) is 0. The van der Waals surface area contributed by atoms with E-state index in [1.165, 1.54) is 32.9 Å². The minimum Gasteiger partial charge on any atom is -0.358 e. The summed E-state index contributed by atoms with van der Waals surface area (Å²) in [6.07, 6.45) is 6.81. The molecule has 0 atom stereocenters. The van der Waals surface area contributed by atoms with Gasteiger partial charge in [0.2, 0.25) is 0 Å². The summed E-state index contributed by atoms with van der Waals surface area (Å²) in [5.41, 5.74) is 4.04. The summed E-state index contributed by atoms with van der Waals surface area (Å²) < 4.78 is 0. The van der Waals surface area contributed by atoms with E-state index in [1.807, 2.05) is 0 Å². The van der Waals surface area contributed by atoms with E-state index >= 15 is 0 Å². The van der Waals surface area contributed by atoms with Gasteiger partial charge < -0.3 is 4.98 Å². The lowest BCUT2D eigenvalue weighted by atomic mass is 10.0. The van der Waals surface area contributed by atoms with Crippen LogP contribution < -0.4 is 0 Å². The molecule has 0 saturated heterocycles. The van der Waals surface area contributed by atoms with E-state index in [1.54, 1.807) is 0 Å². The lowest BCUT2D eigenvalue weighted by Crippen LogP contribution is -1.90. The molecule has 1 nitrogen and oxygen atoms in total. The number of allylic oxidation sites excluding steroid dienone is 1. The molecule has 1 N–H and O–H groups in total. The Kier molecular flexibility index (Phi) is 1.72. The summed E-state index contributed by atoms with van der Waals surface area (Å²) in [6.45, 7) is 0. The van der Waals surface area contributed by atoms with Crippen molar-refractivity contribution in [2.45, 2.75) is 12.8 Å². The SMILES string of the molecule is C1=Cc2c([nH]c3cc4ccccc4cc23)CC1. The van der Waals surface area contributed by atoms with Crippen LogP contribution in [0.15, 0.2) is 42.5 Å². The van der Waals surface area contributed by atoms with Crippen LogP contribution >= 0.6 is 0 Å². The molecule has 1 aromatic heterocycles. The maximum Gasteiger partial charge on any atom is 0.0468 e. The Labute approximate surface area is 99.8 Å². The van der Waals surface area contributed by atoms with E-state index in [0.717, 1.165) is 12.8 Å². The van der Waals surface area contributed by atoms with Gasteiger partial charge in [0.25, 0.3) is 0 Å². The monoisotopic (exact) mass is 219 g/mol. The third kappa shape index (κ3) is 1.26. The molecule has 1 aliphatic rings. The van der Waals surface area contributed by atoms with Crippen molar-refractivity contribution < 1.29 is 0 Å². The van der Waals surface area contributed by atoms with E-state index in [9.17, 15) is 0 Å². The van der Waals surface area contributed by atoms with Crippen LogP contribution in [0.3, 0.4) is 0 Å². The van der Waals surface area contributed by atoms with E-state index in [0.29, 0.717) is 0 Å². The van der Waals surface area contributed by atoms with Crippen molar-refractivity contribution in [3.8, 4) is 0 Å². The molecule has 0 saturated carbocycles. The molecule has 0 amide bonds. The van der Waals surface area contributed by atoms with Crippen LogP contribution in [0.4, 0.5) is 0 Å². The van der Waals surface area contributed by atoms with Crippen LogP contribution in [-0.4, -0.2) is 4.98 Å². The molecule has 0 unspecified atom stereocenters. The Hall–Kier alpha value is -2.02. The fourth-order valence-corrected chi connectivity index (χ4v) is 2.78. The quantitative estimate of drug-likeness (QED) is 0.581. The van der Waals surface area contributed by atoms with Crippen LogP contribution in [0.1, 0.15) is 17.7 Å². The zero-order valence-electron chi connectivity index (χ0n) is 9.53. The molecular formula is C16H13N. The maximum absolute atomic E-state index is 3.56. The number of benzene rings is 2. The second-order valence-corrected chi connectivity index (χ2v) is 4.70. The van der Waals surface area contributed by atoms with Crippen LogP contribution in [0, 0.1) is 0 Å². The average Bonchev–Trinajstić information content (AvgIpc) is 2.73. The average molecular weight is 219 g/mol. The fraction of sp³-hybridized carbons (Fsp3) is 0.125. The Bertz CT molecular complexity index is 747. The van der Waals surface area contributed by atoms with Gasteiger partial charge in [0.1, 0.15) is 0 Å². The van der Waals surface area contributed by atoms with E-state index in [-0.39, 0.29) is 0 Å². The lowest BCUT2D eigenvalue weighted by Gasteiger charge is -2.03. The van der Waals surface area contributed by atoms with Gasteiger partial charge in [0.15, 0.2) is 0 Å². The predicted octanol–water partition coefficient (Wildman–Crippen LogP) is 4.28. The molecule has 0 bridgehead atoms. The highest BCUT2D eigenvalue weighted by Crippen LogP contribution is 2.31. The van der Waals surface area contributed by atoms with Gasteiger partial charge in [-0.1, -0.05) is 36.4 Å². The number of fused-ring (bicyclic) bond motifs is 4. The van der Waals surface area contributed by atoms with E-state index in [2.05, 4.69) is 53.5 Å². The number of rotatable bonds is 0. The highest BCUT2D eigenvalue weighted by Gasteiger charge is 2.11. The molecule has 1 heteroatoms. The highest BCUT2D eigenvalue weighted by atomic mass is 14.7. The summed E-state index contributed by atoms with van der Waals surface area (Å²) in [4.78, 5) is 3.56. The molecule has 0 aliphatic heterocycles. The summed E-state index contributed by atoms with van der Waals surface area (Å²) in [6, 6.07) is 13.1. The normalized spacial score (nSPS) is 14.4. The molecule has 17 heavy (non-hydrogen) atoms. The number of aromatic nitrogens is 1. The van der Waals surface area contributed by atoms with Crippen molar-refractivity contribution in [1.82, 2.24) is 4.98 Å². The lowest BCUT2D eigenvalue weighted by molar-refractivity contribution is 0.951. The van der Waals surface area contributed by atoms with Crippen molar-refractivity contribution in [3.05, 3.63) is 53.7 Å². The molecule has 0 fully saturated rings. The van der Waals surface area contributed by atoms with Crippen molar-refractivity contribution in [2.24, 2.45) is 0 Å². The van der Waals surface area contributed by atoms with Crippen LogP contribution in [-0.2, 0) is 6.42 Å². The number of aryl methyl sites for hydroxylation is 1. The third-order valence-electron chi connectivity index (χ3n) is 3.63. The number of nitrogens with one attached hydrogen (secondary N) is 1. The Morgan fingerprint density at radius 2 is 1.82 bits per heavy atom.